The van der Waals surface area contributed by atoms with Gasteiger partial charge in [0.25, 0.3) is 0 Å². The SMILES string of the molecule is C[C@H](N)c1ccc(Sc2nnnn2C)nc1. The van der Waals surface area contributed by atoms with Crippen LogP contribution in [-0.2, 0) is 7.05 Å². The predicted molar refractivity (Wildman–Crippen MR) is 59.8 cm³/mol. The molecular formula is C9H12N6S. The van der Waals surface area contributed by atoms with E-state index in [0.29, 0.717) is 5.16 Å². The van der Waals surface area contributed by atoms with Gasteiger partial charge in [0.15, 0.2) is 0 Å². The van der Waals surface area contributed by atoms with Gasteiger partial charge in [0.1, 0.15) is 5.03 Å². The predicted octanol–water partition coefficient (Wildman–Crippen LogP) is 0.776. The van der Waals surface area contributed by atoms with Crippen LogP contribution in [0.2, 0.25) is 0 Å². The first-order valence-electron chi connectivity index (χ1n) is 4.78. The van der Waals surface area contributed by atoms with E-state index in [1.165, 1.54) is 11.8 Å². The molecular weight excluding hydrogens is 224 g/mol. The lowest BCUT2D eigenvalue weighted by Crippen LogP contribution is -2.05. The zero-order valence-corrected chi connectivity index (χ0v) is 9.85. The van der Waals surface area contributed by atoms with Gasteiger partial charge in [-0.3, -0.25) is 0 Å². The van der Waals surface area contributed by atoms with Crippen molar-refractivity contribution in [3.8, 4) is 0 Å². The van der Waals surface area contributed by atoms with E-state index in [1.54, 1.807) is 17.9 Å². The summed E-state index contributed by atoms with van der Waals surface area (Å²) >= 11 is 1.42. The fourth-order valence-corrected chi connectivity index (χ4v) is 1.80. The molecule has 0 aliphatic carbocycles. The first-order valence-corrected chi connectivity index (χ1v) is 5.60. The lowest BCUT2D eigenvalue weighted by molar-refractivity contribution is 0.664. The molecule has 1 atom stereocenters. The van der Waals surface area contributed by atoms with Gasteiger partial charge in [0, 0.05) is 19.3 Å². The van der Waals surface area contributed by atoms with Gasteiger partial charge in [-0.05, 0) is 40.7 Å². The molecule has 0 saturated carbocycles. The zero-order chi connectivity index (χ0) is 11.5. The minimum absolute atomic E-state index is 0.00282. The molecule has 16 heavy (non-hydrogen) atoms. The van der Waals surface area contributed by atoms with Crippen molar-refractivity contribution in [1.82, 2.24) is 25.2 Å². The number of nitrogens with two attached hydrogens (primary N) is 1. The fourth-order valence-electron chi connectivity index (χ4n) is 1.12. The molecule has 6 nitrogen and oxygen atoms in total. The standard InChI is InChI=1S/C9H12N6S/c1-6(10)7-3-4-8(11-5-7)16-9-12-13-14-15(9)2/h3-6H,10H2,1-2H3/t6-/m0/s1. The maximum atomic E-state index is 5.74. The molecule has 0 unspecified atom stereocenters. The van der Waals surface area contributed by atoms with Crippen LogP contribution in [0.15, 0.2) is 28.5 Å². The number of aryl methyl sites for hydroxylation is 1. The van der Waals surface area contributed by atoms with Crippen molar-refractivity contribution in [2.45, 2.75) is 23.1 Å². The minimum Gasteiger partial charge on any atom is -0.324 e. The molecule has 7 heteroatoms. The van der Waals surface area contributed by atoms with E-state index in [-0.39, 0.29) is 6.04 Å². The van der Waals surface area contributed by atoms with E-state index in [0.717, 1.165) is 10.6 Å². The summed E-state index contributed by atoms with van der Waals surface area (Å²) in [6.45, 7) is 1.93. The van der Waals surface area contributed by atoms with Gasteiger partial charge in [-0.15, -0.1) is 5.10 Å². The number of tetrazole rings is 1. The Bertz CT molecular complexity index is 463. The van der Waals surface area contributed by atoms with Crippen molar-refractivity contribution in [3.05, 3.63) is 23.9 Å². The van der Waals surface area contributed by atoms with Crippen LogP contribution in [0.5, 0.6) is 0 Å². The van der Waals surface area contributed by atoms with Crippen LogP contribution in [0.25, 0.3) is 0 Å². The van der Waals surface area contributed by atoms with Crippen molar-refractivity contribution in [2.75, 3.05) is 0 Å². The first-order chi connectivity index (χ1) is 7.66. The maximum Gasteiger partial charge on any atom is 0.215 e. The maximum absolute atomic E-state index is 5.74. The number of rotatable bonds is 3. The molecule has 84 valence electrons. The van der Waals surface area contributed by atoms with Crippen LogP contribution in [0.1, 0.15) is 18.5 Å². The van der Waals surface area contributed by atoms with E-state index >= 15 is 0 Å². The number of hydrogen-bond acceptors (Lipinski definition) is 6. The smallest absolute Gasteiger partial charge is 0.215 e. The highest BCUT2D eigenvalue weighted by atomic mass is 32.2. The van der Waals surface area contributed by atoms with Crippen LogP contribution >= 0.6 is 11.8 Å². The van der Waals surface area contributed by atoms with E-state index < -0.39 is 0 Å². The minimum atomic E-state index is 0.00282. The third-order valence-electron chi connectivity index (χ3n) is 2.06. The summed E-state index contributed by atoms with van der Waals surface area (Å²) in [7, 11) is 1.79. The highest BCUT2D eigenvalue weighted by molar-refractivity contribution is 7.99. The Morgan fingerprint density at radius 1 is 1.44 bits per heavy atom. The van der Waals surface area contributed by atoms with Gasteiger partial charge >= 0.3 is 0 Å². The largest absolute Gasteiger partial charge is 0.324 e. The molecule has 0 aromatic carbocycles. The second kappa shape index (κ2) is 4.58. The molecule has 0 fully saturated rings. The first kappa shape index (κ1) is 11.0. The van der Waals surface area contributed by atoms with E-state index in [1.807, 2.05) is 19.1 Å². The Morgan fingerprint density at radius 2 is 2.25 bits per heavy atom. The van der Waals surface area contributed by atoms with Gasteiger partial charge in [-0.2, -0.15) is 0 Å². The highest BCUT2D eigenvalue weighted by Gasteiger charge is 2.06. The molecule has 0 aliphatic rings. The zero-order valence-electron chi connectivity index (χ0n) is 9.03. The Labute approximate surface area is 97.2 Å². The lowest BCUT2D eigenvalue weighted by atomic mass is 10.2. The van der Waals surface area contributed by atoms with Gasteiger partial charge in [0.05, 0.1) is 0 Å². The lowest BCUT2D eigenvalue weighted by Gasteiger charge is -2.05. The average Bonchev–Trinajstić information content (AvgIpc) is 2.65. The number of hydrogen-bond donors (Lipinski definition) is 1. The summed E-state index contributed by atoms with van der Waals surface area (Å²) in [5.74, 6) is 0. The van der Waals surface area contributed by atoms with E-state index in [4.69, 9.17) is 5.73 Å². The Morgan fingerprint density at radius 3 is 2.75 bits per heavy atom. The summed E-state index contributed by atoms with van der Waals surface area (Å²) in [5.41, 5.74) is 6.75. The summed E-state index contributed by atoms with van der Waals surface area (Å²) in [4.78, 5) is 4.29. The summed E-state index contributed by atoms with van der Waals surface area (Å²) in [6, 6.07) is 3.88. The van der Waals surface area contributed by atoms with Crippen molar-refractivity contribution >= 4 is 11.8 Å². The van der Waals surface area contributed by atoms with Crippen LogP contribution in [0.3, 0.4) is 0 Å². The third-order valence-corrected chi connectivity index (χ3v) is 3.04. The van der Waals surface area contributed by atoms with E-state index in [9.17, 15) is 0 Å². The Kier molecular flexibility index (Phi) is 3.16. The van der Waals surface area contributed by atoms with Crippen molar-refractivity contribution < 1.29 is 0 Å². The van der Waals surface area contributed by atoms with Crippen LogP contribution in [0, 0.1) is 0 Å². The average molecular weight is 236 g/mol. The highest BCUT2D eigenvalue weighted by Crippen LogP contribution is 2.23. The summed E-state index contributed by atoms with van der Waals surface area (Å²) in [5, 5.41) is 12.7. The van der Waals surface area contributed by atoms with Gasteiger partial charge < -0.3 is 5.73 Å². The molecule has 2 aromatic rings. The Hall–Kier alpha value is -1.47. The molecule has 0 saturated heterocycles. The second-order valence-electron chi connectivity index (χ2n) is 3.41. The quantitative estimate of drug-likeness (QED) is 0.847. The third kappa shape index (κ3) is 2.37. The monoisotopic (exact) mass is 236 g/mol. The van der Waals surface area contributed by atoms with Crippen molar-refractivity contribution in [1.29, 1.82) is 0 Å². The van der Waals surface area contributed by atoms with Gasteiger partial charge in [-0.25, -0.2) is 9.67 Å². The molecule has 2 N–H and O–H groups in total. The number of nitrogens with zero attached hydrogens (tertiary/aromatic N) is 5. The summed E-state index contributed by atoms with van der Waals surface area (Å²) < 4.78 is 1.60. The topological polar surface area (TPSA) is 82.5 Å². The van der Waals surface area contributed by atoms with Crippen molar-refractivity contribution in [3.63, 3.8) is 0 Å². The van der Waals surface area contributed by atoms with Crippen LogP contribution in [-0.4, -0.2) is 25.2 Å². The normalized spacial score (nSPS) is 12.7. The molecule has 0 bridgehead atoms. The molecule has 2 heterocycles. The van der Waals surface area contributed by atoms with E-state index in [2.05, 4.69) is 20.5 Å². The van der Waals surface area contributed by atoms with Crippen LogP contribution in [0.4, 0.5) is 0 Å². The molecule has 0 spiro atoms. The fraction of sp³-hybridized carbons (Fsp3) is 0.333. The molecule has 2 aromatic heterocycles. The molecule has 0 aliphatic heterocycles. The number of aromatic nitrogens is 5. The Balaban J connectivity index is 2.14. The number of pyridine rings is 1. The molecule has 0 radical (unpaired) electrons. The van der Waals surface area contributed by atoms with Crippen molar-refractivity contribution in [2.24, 2.45) is 12.8 Å². The summed E-state index contributed by atoms with van der Waals surface area (Å²) in [6.07, 6.45) is 1.77. The molecule has 0 amide bonds. The van der Waals surface area contributed by atoms with Gasteiger partial charge in [0.2, 0.25) is 5.16 Å². The van der Waals surface area contributed by atoms with Gasteiger partial charge in [-0.1, -0.05) is 6.07 Å². The van der Waals surface area contributed by atoms with Crippen LogP contribution < -0.4 is 5.73 Å². The second-order valence-corrected chi connectivity index (χ2v) is 4.39. The molecule has 2 rings (SSSR count).